The minimum Gasteiger partial charge on any atom is -0.479 e. The summed E-state index contributed by atoms with van der Waals surface area (Å²) in [6.45, 7) is 0. The van der Waals surface area contributed by atoms with E-state index in [-0.39, 0.29) is 5.91 Å². The molecule has 1 fully saturated rings. The molecule has 1 aliphatic heterocycles. The van der Waals surface area contributed by atoms with Gasteiger partial charge in [0.25, 0.3) is 5.91 Å². The van der Waals surface area contributed by atoms with Gasteiger partial charge in [0.05, 0.1) is 0 Å². The third-order valence-electron chi connectivity index (χ3n) is 1.92. The number of carboxylic acids is 1. The van der Waals surface area contributed by atoms with Crippen molar-refractivity contribution < 1.29 is 19.4 Å². The van der Waals surface area contributed by atoms with E-state index < -0.39 is 18.2 Å². The summed E-state index contributed by atoms with van der Waals surface area (Å²) in [7, 11) is 3.36. The van der Waals surface area contributed by atoms with Crippen LogP contribution in [0, 0.1) is 0 Å². The molecule has 0 spiro atoms. The number of carbonyl (C=O) groups is 2. The standard InChI is InChI=1S/C8H14N2O4/c1-10(2)9-7(11)5-3-4-6(14-5)8(12)13/h5-6H,3-4H2,1-2H3,(H,9,11)(H,12,13). The van der Waals surface area contributed by atoms with Gasteiger partial charge in [0.1, 0.15) is 6.10 Å². The van der Waals surface area contributed by atoms with Gasteiger partial charge in [0, 0.05) is 14.1 Å². The van der Waals surface area contributed by atoms with Crippen LogP contribution >= 0.6 is 0 Å². The van der Waals surface area contributed by atoms with Gasteiger partial charge in [-0.3, -0.25) is 10.2 Å². The van der Waals surface area contributed by atoms with E-state index in [9.17, 15) is 9.59 Å². The van der Waals surface area contributed by atoms with Gasteiger partial charge < -0.3 is 9.84 Å². The Bertz CT molecular complexity index is 241. The molecule has 0 aliphatic carbocycles. The van der Waals surface area contributed by atoms with Gasteiger partial charge in [-0.25, -0.2) is 9.80 Å². The summed E-state index contributed by atoms with van der Waals surface area (Å²) in [6.07, 6.45) is -0.635. The molecule has 1 saturated heterocycles. The molecule has 80 valence electrons. The van der Waals surface area contributed by atoms with Gasteiger partial charge in [0.2, 0.25) is 0 Å². The predicted molar refractivity (Wildman–Crippen MR) is 47.4 cm³/mol. The molecule has 1 aliphatic rings. The molecule has 0 aromatic heterocycles. The average molecular weight is 202 g/mol. The molecule has 0 aromatic rings. The van der Waals surface area contributed by atoms with Gasteiger partial charge >= 0.3 is 5.97 Å². The largest absolute Gasteiger partial charge is 0.479 e. The normalized spacial score (nSPS) is 26.5. The third-order valence-corrected chi connectivity index (χ3v) is 1.92. The summed E-state index contributed by atoms with van der Waals surface area (Å²) >= 11 is 0. The maximum atomic E-state index is 11.4. The van der Waals surface area contributed by atoms with Crippen LogP contribution in [0.2, 0.25) is 0 Å². The highest BCUT2D eigenvalue weighted by Crippen LogP contribution is 2.19. The molecule has 2 unspecified atom stereocenters. The summed E-state index contributed by atoms with van der Waals surface area (Å²) < 4.78 is 5.05. The SMILES string of the molecule is CN(C)NC(=O)C1CCC(C(=O)O)O1. The van der Waals surface area contributed by atoms with Crippen molar-refractivity contribution in [3.8, 4) is 0 Å². The second kappa shape index (κ2) is 4.39. The molecular formula is C8H14N2O4. The average Bonchev–Trinajstić information content (AvgIpc) is 2.50. The van der Waals surface area contributed by atoms with Crippen molar-refractivity contribution in [1.82, 2.24) is 10.4 Å². The van der Waals surface area contributed by atoms with Crippen LogP contribution in [0.1, 0.15) is 12.8 Å². The molecule has 6 heteroatoms. The van der Waals surface area contributed by atoms with Crippen molar-refractivity contribution in [2.24, 2.45) is 0 Å². The van der Waals surface area contributed by atoms with Crippen LogP contribution in [0.15, 0.2) is 0 Å². The number of carbonyl (C=O) groups excluding carboxylic acids is 1. The molecule has 0 aromatic carbocycles. The molecule has 0 bridgehead atoms. The fourth-order valence-electron chi connectivity index (χ4n) is 1.30. The second-order valence-corrected chi connectivity index (χ2v) is 3.40. The maximum Gasteiger partial charge on any atom is 0.332 e. The zero-order chi connectivity index (χ0) is 10.7. The van der Waals surface area contributed by atoms with Crippen LogP contribution in [0.4, 0.5) is 0 Å². The third kappa shape index (κ3) is 2.68. The minimum atomic E-state index is -1.01. The highest BCUT2D eigenvalue weighted by atomic mass is 16.5. The first kappa shape index (κ1) is 10.9. The minimum absolute atomic E-state index is 0.293. The smallest absolute Gasteiger partial charge is 0.332 e. The van der Waals surface area contributed by atoms with Crippen molar-refractivity contribution in [3.05, 3.63) is 0 Å². The zero-order valence-corrected chi connectivity index (χ0v) is 8.19. The van der Waals surface area contributed by atoms with Gasteiger partial charge in [-0.15, -0.1) is 0 Å². The van der Waals surface area contributed by atoms with Crippen molar-refractivity contribution in [1.29, 1.82) is 0 Å². The van der Waals surface area contributed by atoms with Crippen molar-refractivity contribution >= 4 is 11.9 Å². The van der Waals surface area contributed by atoms with Crippen LogP contribution in [0.5, 0.6) is 0 Å². The van der Waals surface area contributed by atoms with Crippen LogP contribution in [-0.2, 0) is 14.3 Å². The van der Waals surface area contributed by atoms with Crippen molar-refractivity contribution in [3.63, 3.8) is 0 Å². The molecule has 6 nitrogen and oxygen atoms in total. The molecule has 0 saturated carbocycles. The van der Waals surface area contributed by atoms with Crippen LogP contribution in [0.25, 0.3) is 0 Å². The number of carboxylic acid groups (broad SMARTS) is 1. The Kier molecular flexibility index (Phi) is 3.43. The van der Waals surface area contributed by atoms with E-state index in [1.807, 2.05) is 0 Å². The molecule has 1 amide bonds. The van der Waals surface area contributed by atoms with E-state index >= 15 is 0 Å². The van der Waals surface area contributed by atoms with Gasteiger partial charge in [0.15, 0.2) is 6.10 Å². The number of hydrazine groups is 1. The van der Waals surface area contributed by atoms with Gasteiger partial charge in [-0.2, -0.15) is 0 Å². The fourth-order valence-corrected chi connectivity index (χ4v) is 1.30. The Hall–Kier alpha value is -1.14. The monoisotopic (exact) mass is 202 g/mol. The predicted octanol–water partition coefficient (Wildman–Crippen LogP) is -0.789. The van der Waals surface area contributed by atoms with Crippen molar-refractivity contribution in [2.75, 3.05) is 14.1 Å². The molecule has 0 radical (unpaired) electrons. The van der Waals surface area contributed by atoms with Gasteiger partial charge in [-0.05, 0) is 12.8 Å². The van der Waals surface area contributed by atoms with Crippen LogP contribution in [-0.4, -0.2) is 48.3 Å². The Morgan fingerprint density at radius 1 is 1.36 bits per heavy atom. The van der Waals surface area contributed by atoms with Crippen LogP contribution in [0.3, 0.4) is 0 Å². The zero-order valence-electron chi connectivity index (χ0n) is 8.19. The lowest BCUT2D eigenvalue weighted by Crippen LogP contribution is -2.42. The molecule has 1 rings (SSSR count). The number of hydrogen-bond donors (Lipinski definition) is 2. The quantitative estimate of drug-likeness (QED) is 0.586. The summed E-state index contributed by atoms with van der Waals surface area (Å²) in [4.78, 5) is 21.9. The Labute approximate surface area is 81.8 Å². The Morgan fingerprint density at radius 3 is 2.36 bits per heavy atom. The number of nitrogens with one attached hydrogen (secondary N) is 1. The lowest BCUT2D eigenvalue weighted by Gasteiger charge is -2.15. The molecule has 1 heterocycles. The first-order valence-electron chi connectivity index (χ1n) is 4.37. The lowest BCUT2D eigenvalue weighted by molar-refractivity contribution is -0.152. The highest BCUT2D eigenvalue weighted by molar-refractivity contribution is 5.82. The summed E-state index contributed by atoms with van der Waals surface area (Å²) in [5.41, 5.74) is 2.52. The number of hydrogen-bond acceptors (Lipinski definition) is 4. The molecule has 14 heavy (non-hydrogen) atoms. The van der Waals surface area contributed by atoms with Crippen molar-refractivity contribution in [2.45, 2.75) is 25.0 Å². The van der Waals surface area contributed by atoms with Gasteiger partial charge in [-0.1, -0.05) is 0 Å². The first-order chi connectivity index (χ1) is 6.50. The van der Waals surface area contributed by atoms with E-state index in [2.05, 4.69) is 5.43 Å². The summed E-state index contributed by atoms with van der Waals surface area (Å²) in [5.74, 6) is -1.30. The van der Waals surface area contributed by atoms with E-state index in [0.29, 0.717) is 12.8 Å². The number of nitrogens with zero attached hydrogens (tertiary/aromatic N) is 1. The first-order valence-corrected chi connectivity index (χ1v) is 4.37. The molecular weight excluding hydrogens is 188 g/mol. The second-order valence-electron chi connectivity index (χ2n) is 3.40. The maximum absolute atomic E-state index is 11.4. The lowest BCUT2D eigenvalue weighted by atomic mass is 10.2. The molecule has 2 atom stereocenters. The number of rotatable bonds is 3. The van der Waals surface area contributed by atoms with Crippen LogP contribution < -0.4 is 5.43 Å². The number of ether oxygens (including phenoxy) is 1. The topological polar surface area (TPSA) is 78.9 Å². The molecule has 2 N–H and O–H groups in total. The summed E-state index contributed by atoms with van der Waals surface area (Å²) in [6, 6.07) is 0. The Balaban J connectivity index is 2.42. The highest BCUT2D eigenvalue weighted by Gasteiger charge is 2.34. The Morgan fingerprint density at radius 2 is 1.93 bits per heavy atom. The number of aliphatic carboxylic acids is 1. The summed E-state index contributed by atoms with van der Waals surface area (Å²) in [5, 5.41) is 10.1. The fraction of sp³-hybridized carbons (Fsp3) is 0.750. The number of amides is 1. The van der Waals surface area contributed by atoms with E-state index in [0.717, 1.165) is 0 Å². The van der Waals surface area contributed by atoms with E-state index in [1.165, 1.54) is 5.01 Å². The van der Waals surface area contributed by atoms with E-state index in [1.54, 1.807) is 14.1 Å². The van der Waals surface area contributed by atoms with E-state index in [4.69, 9.17) is 9.84 Å².